The van der Waals surface area contributed by atoms with E-state index >= 15 is 0 Å². The molecular weight excluding hydrogens is 312 g/mol. The highest BCUT2D eigenvalue weighted by molar-refractivity contribution is 5.51. The van der Waals surface area contributed by atoms with Gasteiger partial charge in [-0.3, -0.25) is 0 Å². The lowest BCUT2D eigenvalue weighted by atomic mass is 9.82. The molecule has 0 saturated carbocycles. The minimum atomic E-state index is 0.334. The van der Waals surface area contributed by atoms with Crippen molar-refractivity contribution in [3.63, 3.8) is 0 Å². The lowest BCUT2D eigenvalue weighted by Gasteiger charge is -2.22. The zero-order valence-electron chi connectivity index (χ0n) is 15.7. The van der Waals surface area contributed by atoms with Gasteiger partial charge in [-0.05, 0) is 33.4 Å². The maximum Gasteiger partial charge on any atom is 0.00641 e. The van der Waals surface area contributed by atoms with E-state index in [9.17, 15) is 0 Å². The standard InChI is InChI=1S/C26H26/c1-5-21-14-16-23(17-15-21)19(3)25-12-7-8-13-26(25)20(4)24-11-9-10-22(6-2)18-24/h5-20H,1-2H2,3-4H3. The Bertz CT molecular complexity index is 899. The van der Waals surface area contributed by atoms with Gasteiger partial charge >= 0.3 is 0 Å². The summed E-state index contributed by atoms with van der Waals surface area (Å²) >= 11 is 0. The summed E-state index contributed by atoms with van der Waals surface area (Å²) in [7, 11) is 0. The Balaban J connectivity index is 1.98. The van der Waals surface area contributed by atoms with E-state index in [1.54, 1.807) is 0 Å². The number of benzene rings is 3. The zero-order chi connectivity index (χ0) is 18.5. The van der Waals surface area contributed by atoms with Crippen LogP contribution in [0.25, 0.3) is 12.2 Å². The molecule has 0 bridgehead atoms. The second-order valence-electron chi connectivity index (χ2n) is 6.82. The van der Waals surface area contributed by atoms with E-state index in [0.29, 0.717) is 11.8 Å². The van der Waals surface area contributed by atoms with Gasteiger partial charge in [-0.2, -0.15) is 0 Å². The van der Waals surface area contributed by atoms with Crippen molar-refractivity contribution in [3.05, 3.63) is 119 Å². The van der Waals surface area contributed by atoms with E-state index < -0.39 is 0 Å². The second-order valence-corrected chi connectivity index (χ2v) is 6.82. The van der Waals surface area contributed by atoms with Crippen molar-refractivity contribution in [2.24, 2.45) is 0 Å². The molecule has 0 aliphatic rings. The Morgan fingerprint density at radius 3 is 1.77 bits per heavy atom. The van der Waals surface area contributed by atoms with Gasteiger partial charge in [-0.15, -0.1) is 0 Å². The molecule has 0 aromatic heterocycles. The first-order chi connectivity index (χ1) is 12.6. The molecule has 0 N–H and O–H groups in total. The Labute approximate surface area is 157 Å². The fourth-order valence-electron chi connectivity index (χ4n) is 3.53. The monoisotopic (exact) mass is 338 g/mol. The molecule has 2 atom stereocenters. The van der Waals surface area contributed by atoms with Crippen LogP contribution in [-0.2, 0) is 0 Å². The third kappa shape index (κ3) is 3.70. The molecule has 0 aliphatic heterocycles. The molecule has 0 fully saturated rings. The van der Waals surface area contributed by atoms with Crippen molar-refractivity contribution in [3.8, 4) is 0 Å². The van der Waals surface area contributed by atoms with Crippen LogP contribution in [0, 0.1) is 0 Å². The van der Waals surface area contributed by atoms with Crippen LogP contribution in [0.2, 0.25) is 0 Å². The van der Waals surface area contributed by atoms with Crippen LogP contribution in [-0.4, -0.2) is 0 Å². The van der Waals surface area contributed by atoms with Gasteiger partial charge in [0, 0.05) is 11.8 Å². The third-order valence-electron chi connectivity index (χ3n) is 5.25. The van der Waals surface area contributed by atoms with Crippen molar-refractivity contribution >= 4 is 12.2 Å². The Hall–Kier alpha value is -2.86. The van der Waals surface area contributed by atoms with Gasteiger partial charge in [0.1, 0.15) is 0 Å². The summed E-state index contributed by atoms with van der Waals surface area (Å²) in [5, 5.41) is 0. The van der Waals surface area contributed by atoms with Gasteiger partial charge in [0.15, 0.2) is 0 Å². The lowest BCUT2D eigenvalue weighted by Crippen LogP contribution is -2.05. The van der Waals surface area contributed by atoms with E-state index in [-0.39, 0.29) is 0 Å². The first-order valence-corrected chi connectivity index (χ1v) is 9.17. The predicted octanol–water partition coefficient (Wildman–Crippen LogP) is 7.28. The van der Waals surface area contributed by atoms with Gasteiger partial charge in [0.2, 0.25) is 0 Å². The first-order valence-electron chi connectivity index (χ1n) is 9.17. The number of hydrogen-bond donors (Lipinski definition) is 0. The molecule has 0 saturated heterocycles. The second kappa shape index (κ2) is 8.01. The van der Waals surface area contributed by atoms with Crippen LogP contribution in [0.15, 0.2) is 86.0 Å². The SMILES string of the molecule is C=Cc1ccc(C(C)c2ccccc2C(C)c2cccc(C=C)c2)cc1. The van der Waals surface area contributed by atoms with Crippen LogP contribution in [0.3, 0.4) is 0 Å². The quantitative estimate of drug-likeness (QED) is 0.443. The summed E-state index contributed by atoms with van der Waals surface area (Å²) in [6.45, 7) is 12.3. The summed E-state index contributed by atoms with van der Waals surface area (Å²) in [5.74, 6) is 0.677. The summed E-state index contributed by atoms with van der Waals surface area (Å²) in [4.78, 5) is 0. The van der Waals surface area contributed by atoms with E-state index in [1.807, 2.05) is 12.2 Å². The average Bonchev–Trinajstić information content (AvgIpc) is 2.72. The fraction of sp³-hybridized carbons (Fsp3) is 0.154. The van der Waals surface area contributed by atoms with Crippen LogP contribution in [0.1, 0.15) is 59.1 Å². The van der Waals surface area contributed by atoms with Crippen molar-refractivity contribution in [1.29, 1.82) is 0 Å². The molecule has 0 heteroatoms. The van der Waals surface area contributed by atoms with E-state index in [0.717, 1.165) is 5.56 Å². The number of hydrogen-bond acceptors (Lipinski definition) is 0. The van der Waals surface area contributed by atoms with Crippen molar-refractivity contribution in [2.45, 2.75) is 25.7 Å². The third-order valence-corrected chi connectivity index (χ3v) is 5.25. The lowest BCUT2D eigenvalue weighted by molar-refractivity contribution is 0.843. The summed E-state index contributed by atoms with van der Waals surface area (Å²) in [6.07, 6.45) is 3.79. The first kappa shape index (κ1) is 17.9. The number of rotatable bonds is 6. The highest BCUT2D eigenvalue weighted by atomic mass is 14.2. The topological polar surface area (TPSA) is 0 Å². The molecule has 2 unspecified atom stereocenters. The fourth-order valence-corrected chi connectivity index (χ4v) is 3.53. The molecule has 3 aromatic rings. The molecule has 130 valence electrons. The van der Waals surface area contributed by atoms with Crippen LogP contribution < -0.4 is 0 Å². The molecule has 0 heterocycles. The maximum absolute atomic E-state index is 3.90. The van der Waals surface area contributed by atoms with Gasteiger partial charge in [0.05, 0.1) is 0 Å². The maximum atomic E-state index is 3.90. The Morgan fingerprint density at radius 2 is 1.19 bits per heavy atom. The average molecular weight is 338 g/mol. The Kier molecular flexibility index (Phi) is 5.53. The molecule has 26 heavy (non-hydrogen) atoms. The summed E-state index contributed by atoms with van der Waals surface area (Å²) < 4.78 is 0. The molecular formula is C26H26. The predicted molar refractivity (Wildman–Crippen MR) is 115 cm³/mol. The molecule has 3 aromatic carbocycles. The molecule has 0 spiro atoms. The van der Waals surface area contributed by atoms with E-state index in [2.05, 4.69) is 99.8 Å². The molecule has 0 radical (unpaired) electrons. The minimum Gasteiger partial charge on any atom is -0.0985 e. The molecule has 0 nitrogen and oxygen atoms in total. The van der Waals surface area contributed by atoms with Crippen molar-refractivity contribution in [1.82, 2.24) is 0 Å². The Morgan fingerprint density at radius 1 is 0.615 bits per heavy atom. The zero-order valence-corrected chi connectivity index (χ0v) is 15.7. The van der Waals surface area contributed by atoms with E-state index in [4.69, 9.17) is 0 Å². The van der Waals surface area contributed by atoms with Gasteiger partial charge in [-0.1, -0.05) is 112 Å². The summed E-state index contributed by atoms with van der Waals surface area (Å²) in [5.41, 5.74) is 7.74. The smallest absolute Gasteiger partial charge is 0.00641 e. The van der Waals surface area contributed by atoms with Gasteiger partial charge in [-0.25, -0.2) is 0 Å². The minimum absolute atomic E-state index is 0.334. The molecule has 3 rings (SSSR count). The van der Waals surface area contributed by atoms with Crippen LogP contribution in [0.4, 0.5) is 0 Å². The molecule has 0 amide bonds. The van der Waals surface area contributed by atoms with Crippen LogP contribution >= 0.6 is 0 Å². The van der Waals surface area contributed by atoms with Gasteiger partial charge in [0.25, 0.3) is 0 Å². The van der Waals surface area contributed by atoms with Crippen molar-refractivity contribution < 1.29 is 0 Å². The highest BCUT2D eigenvalue weighted by Gasteiger charge is 2.17. The normalized spacial score (nSPS) is 13.0. The van der Waals surface area contributed by atoms with Gasteiger partial charge < -0.3 is 0 Å². The summed E-state index contributed by atoms with van der Waals surface area (Å²) in [6, 6.07) is 26.1. The largest absolute Gasteiger partial charge is 0.0985 e. The van der Waals surface area contributed by atoms with Crippen molar-refractivity contribution in [2.75, 3.05) is 0 Å². The molecule has 0 aliphatic carbocycles. The highest BCUT2D eigenvalue weighted by Crippen LogP contribution is 2.34. The van der Waals surface area contributed by atoms with Crippen LogP contribution in [0.5, 0.6) is 0 Å². The van der Waals surface area contributed by atoms with E-state index in [1.165, 1.54) is 27.8 Å².